The Balaban J connectivity index is 2.84. The number of benzene rings is 1. The van der Waals surface area contributed by atoms with Crippen LogP contribution in [-0.2, 0) is 0 Å². The average Bonchev–Trinajstić information content (AvgIpc) is 2.08. The van der Waals surface area contributed by atoms with E-state index in [1.165, 1.54) is 0 Å². The Bertz CT molecular complexity index is 299. The van der Waals surface area contributed by atoms with E-state index in [0.717, 1.165) is 0 Å². The molecule has 0 saturated heterocycles. The molecule has 70 valence electrons. The molecule has 0 bridgehead atoms. The van der Waals surface area contributed by atoms with Crippen molar-refractivity contribution >= 4 is 17.0 Å². The molecule has 0 amide bonds. The Labute approximate surface area is 81.2 Å². The van der Waals surface area contributed by atoms with Crippen molar-refractivity contribution in [1.82, 2.24) is 0 Å². The van der Waals surface area contributed by atoms with E-state index < -0.39 is 5.43 Å². The van der Waals surface area contributed by atoms with Gasteiger partial charge in [-0.3, -0.25) is 0 Å². The van der Waals surface area contributed by atoms with Crippen molar-refractivity contribution in [2.45, 2.75) is 6.92 Å². The molecule has 0 aliphatic heterocycles. The standard InChI is InChI=1S/C9H9ClO3/c1-2-12-7-5-3-4-6-8(7)13-9(10)11/h3-6H,2H2,1H3. The van der Waals surface area contributed by atoms with Gasteiger partial charge in [0, 0.05) is 11.6 Å². The zero-order valence-electron chi connectivity index (χ0n) is 7.12. The number of hydrogen-bond acceptors (Lipinski definition) is 3. The van der Waals surface area contributed by atoms with Gasteiger partial charge in [-0.15, -0.1) is 0 Å². The van der Waals surface area contributed by atoms with Crippen molar-refractivity contribution in [2.24, 2.45) is 0 Å². The second-order valence-corrected chi connectivity index (χ2v) is 2.53. The number of para-hydroxylation sites is 2. The Kier molecular flexibility index (Phi) is 3.58. The fourth-order valence-corrected chi connectivity index (χ4v) is 0.979. The molecule has 0 radical (unpaired) electrons. The van der Waals surface area contributed by atoms with Crippen molar-refractivity contribution < 1.29 is 14.3 Å². The molecule has 1 aromatic carbocycles. The first kappa shape index (κ1) is 9.86. The molecule has 0 fully saturated rings. The van der Waals surface area contributed by atoms with E-state index in [4.69, 9.17) is 21.1 Å². The topological polar surface area (TPSA) is 35.5 Å². The van der Waals surface area contributed by atoms with Gasteiger partial charge in [-0.05, 0) is 19.1 Å². The monoisotopic (exact) mass is 200 g/mol. The second kappa shape index (κ2) is 4.72. The Morgan fingerprint density at radius 1 is 1.38 bits per heavy atom. The molecular weight excluding hydrogens is 192 g/mol. The Hall–Kier alpha value is -1.22. The average molecular weight is 201 g/mol. The van der Waals surface area contributed by atoms with Crippen LogP contribution in [0.2, 0.25) is 0 Å². The SMILES string of the molecule is CCOc1ccccc1OC(=O)Cl. The predicted octanol–water partition coefficient (Wildman–Crippen LogP) is 2.82. The highest BCUT2D eigenvalue weighted by Gasteiger charge is 2.06. The van der Waals surface area contributed by atoms with Gasteiger partial charge in [0.05, 0.1) is 6.61 Å². The van der Waals surface area contributed by atoms with Crippen molar-refractivity contribution in [1.29, 1.82) is 0 Å². The highest BCUT2D eigenvalue weighted by molar-refractivity contribution is 6.61. The molecule has 1 rings (SSSR count). The van der Waals surface area contributed by atoms with Crippen LogP contribution in [0.4, 0.5) is 4.79 Å². The third kappa shape index (κ3) is 2.95. The fraction of sp³-hybridized carbons (Fsp3) is 0.222. The lowest BCUT2D eigenvalue weighted by atomic mass is 10.3. The molecule has 0 N–H and O–H groups in total. The summed E-state index contributed by atoms with van der Waals surface area (Å²) in [6.07, 6.45) is 0. The third-order valence-corrected chi connectivity index (χ3v) is 1.42. The summed E-state index contributed by atoms with van der Waals surface area (Å²) in [5.41, 5.74) is -0.868. The Morgan fingerprint density at radius 3 is 2.54 bits per heavy atom. The van der Waals surface area contributed by atoms with Crippen molar-refractivity contribution in [3.63, 3.8) is 0 Å². The minimum atomic E-state index is -0.868. The molecule has 0 atom stereocenters. The van der Waals surface area contributed by atoms with Crippen LogP contribution in [0.25, 0.3) is 0 Å². The summed E-state index contributed by atoms with van der Waals surface area (Å²) in [6.45, 7) is 2.36. The van der Waals surface area contributed by atoms with Crippen LogP contribution in [0, 0.1) is 0 Å². The van der Waals surface area contributed by atoms with E-state index in [0.29, 0.717) is 18.1 Å². The third-order valence-electron chi connectivity index (χ3n) is 1.34. The largest absolute Gasteiger partial charge is 0.490 e. The van der Waals surface area contributed by atoms with Gasteiger partial charge in [0.1, 0.15) is 0 Å². The molecule has 0 aliphatic rings. The number of rotatable bonds is 3. The quantitative estimate of drug-likeness (QED) is 0.704. The number of ether oxygens (including phenoxy) is 2. The van der Waals surface area contributed by atoms with Crippen molar-refractivity contribution in [3.8, 4) is 11.5 Å². The first-order valence-electron chi connectivity index (χ1n) is 3.83. The van der Waals surface area contributed by atoms with Gasteiger partial charge in [0.15, 0.2) is 11.5 Å². The van der Waals surface area contributed by atoms with Crippen LogP contribution in [0.5, 0.6) is 11.5 Å². The summed E-state index contributed by atoms with van der Waals surface area (Å²) in [5.74, 6) is 0.850. The second-order valence-electron chi connectivity index (χ2n) is 2.22. The molecule has 0 spiro atoms. The number of hydrogen-bond donors (Lipinski definition) is 0. The van der Waals surface area contributed by atoms with Crippen LogP contribution in [-0.4, -0.2) is 12.0 Å². The summed E-state index contributed by atoms with van der Waals surface area (Å²) in [4.78, 5) is 10.5. The molecular formula is C9H9ClO3. The van der Waals surface area contributed by atoms with Crippen LogP contribution < -0.4 is 9.47 Å². The maximum atomic E-state index is 10.5. The molecule has 0 aromatic heterocycles. The van der Waals surface area contributed by atoms with E-state index >= 15 is 0 Å². The highest BCUT2D eigenvalue weighted by Crippen LogP contribution is 2.26. The van der Waals surface area contributed by atoms with Crippen LogP contribution in [0.15, 0.2) is 24.3 Å². The zero-order chi connectivity index (χ0) is 9.68. The van der Waals surface area contributed by atoms with E-state index in [-0.39, 0.29) is 0 Å². The molecule has 0 aliphatic carbocycles. The van der Waals surface area contributed by atoms with Crippen LogP contribution in [0.3, 0.4) is 0 Å². The maximum absolute atomic E-state index is 10.5. The smallest absolute Gasteiger partial charge is 0.409 e. The van der Waals surface area contributed by atoms with Gasteiger partial charge >= 0.3 is 5.43 Å². The van der Waals surface area contributed by atoms with Gasteiger partial charge in [0.25, 0.3) is 0 Å². The molecule has 4 heteroatoms. The molecule has 0 saturated carbocycles. The van der Waals surface area contributed by atoms with Gasteiger partial charge in [-0.25, -0.2) is 4.79 Å². The van der Waals surface area contributed by atoms with Crippen LogP contribution >= 0.6 is 11.6 Å². The Morgan fingerprint density at radius 2 is 2.00 bits per heavy atom. The fourth-order valence-electron chi connectivity index (χ4n) is 0.896. The van der Waals surface area contributed by atoms with Gasteiger partial charge in [-0.2, -0.15) is 0 Å². The molecule has 1 aromatic rings. The van der Waals surface area contributed by atoms with Gasteiger partial charge in [0.2, 0.25) is 0 Å². The number of carbonyl (C=O) groups is 1. The van der Waals surface area contributed by atoms with Crippen molar-refractivity contribution in [3.05, 3.63) is 24.3 Å². The summed E-state index contributed by atoms with van der Waals surface area (Å²) < 4.78 is 9.90. The highest BCUT2D eigenvalue weighted by atomic mass is 35.5. The van der Waals surface area contributed by atoms with Crippen LogP contribution in [0.1, 0.15) is 6.92 Å². The van der Waals surface area contributed by atoms with E-state index in [1.54, 1.807) is 24.3 Å². The zero-order valence-corrected chi connectivity index (χ0v) is 7.88. The number of carbonyl (C=O) groups excluding carboxylic acids is 1. The number of halogens is 1. The summed E-state index contributed by atoms with van der Waals surface area (Å²) in [6, 6.07) is 6.85. The summed E-state index contributed by atoms with van der Waals surface area (Å²) in [7, 11) is 0. The maximum Gasteiger partial charge on any atom is 0.409 e. The first-order valence-corrected chi connectivity index (χ1v) is 4.21. The lowest BCUT2D eigenvalue weighted by Gasteiger charge is -2.07. The molecule has 13 heavy (non-hydrogen) atoms. The van der Waals surface area contributed by atoms with E-state index in [9.17, 15) is 4.79 Å². The van der Waals surface area contributed by atoms with E-state index in [1.807, 2.05) is 6.92 Å². The molecule has 3 nitrogen and oxygen atoms in total. The van der Waals surface area contributed by atoms with E-state index in [2.05, 4.69) is 0 Å². The summed E-state index contributed by atoms with van der Waals surface area (Å²) in [5, 5.41) is 0. The van der Waals surface area contributed by atoms with Gasteiger partial charge < -0.3 is 9.47 Å². The van der Waals surface area contributed by atoms with Gasteiger partial charge in [-0.1, -0.05) is 12.1 Å². The summed E-state index contributed by atoms with van der Waals surface area (Å²) >= 11 is 5.07. The first-order chi connectivity index (χ1) is 6.24. The minimum absolute atomic E-state index is 0.337. The normalized spacial score (nSPS) is 9.38. The minimum Gasteiger partial charge on any atom is -0.490 e. The lowest BCUT2D eigenvalue weighted by molar-refractivity contribution is 0.222. The van der Waals surface area contributed by atoms with Crippen molar-refractivity contribution in [2.75, 3.05) is 6.61 Å². The predicted molar refractivity (Wildman–Crippen MR) is 49.5 cm³/mol. The lowest BCUT2D eigenvalue weighted by Crippen LogP contribution is -2.00. The molecule has 0 unspecified atom stereocenters. The molecule has 0 heterocycles.